The average Bonchev–Trinajstić information content (AvgIpc) is 3.98. The molecular weight excluding hydrogens is 605 g/mol. The molecule has 0 unspecified atom stereocenters. The largest absolute Gasteiger partial charge is 0.399 e. The Bertz CT molecular complexity index is 2390. The summed E-state index contributed by atoms with van der Waals surface area (Å²) in [6.45, 7) is 0. The Morgan fingerprint density at radius 3 is 0.980 bits per heavy atom. The van der Waals surface area contributed by atoms with Crippen LogP contribution in [-0.2, 0) is 0 Å². The van der Waals surface area contributed by atoms with Crippen molar-refractivity contribution in [3.8, 4) is 0 Å². The number of pyridine rings is 3. The third-order valence-electron chi connectivity index (χ3n) is 8.66. The molecule has 0 radical (unpaired) electrons. The van der Waals surface area contributed by atoms with E-state index in [1.54, 1.807) is 18.6 Å². The molecule has 0 saturated carbocycles. The zero-order valence-electron chi connectivity index (χ0n) is 26.1. The number of aliphatic imine (C=N–C) groups is 4. The van der Waals surface area contributed by atoms with Gasteiger partial charge < -0.3 is 5.73 Å². The number of anilines is 1. The second-order valence-corrected chi connectivity index (χ2v) is 11.7. The molecule has 5 aliphatic rings. The van der Waals surface area contributed by atoms with Crippen molar-refractivity contribution < 1.29 is 0 Å². The van der Waals surface area contributed by atoms with Gasteiger partial charge in [-0.05, 0) is 84.5 Å². The van der Waals surface area contributed by atoms with Crippen molar-refractivity contribution in [1.29, 1.82) is 0 Å². The lowest BCUT2D eigenvalue weighted by molar-refractivity contribution is 1.30. The number of nitrogen functional groups attached to an aromatic ring is 1. The second-order valence-electron chi connectivity index (χ2n) is 11.7. The highest BCUT2D eigenvalue weighted by atomic mass is 14.9. The zero-order valence-corrected chi connectivity index (χ0v) is 26.1. The third kappa shape index (κ3) is 5.08. The average molecular weight is 631 g/mol. The lowest BCUT2D eigenvalue weighted by atomic mass is 9.98. The van der Waals surface area contributed by atoms with Crippen LogP contribution in [0.3, 0.4) is 0 Å². The maximum atomic E-state index is 6.11. The molecule has 0 saturated heterocycles. The second kappa shape index (κ2) is 11.7. The van der Waals surface area contributed by atoms with E-state index in [9.17, 15) is 0 Å². The number of allylic oxidation sites excluding steroid dienone is 12. The van der Waals surface area contributed by atoms with E-state index in [-0.39, 0.29) is 0 Å². The van der Waals surface area contributed by atoms with E-state index in [4.69, 9.17) is 25.7 Å². The van der Waals surface area contributed by atoms with Crippen LogP contribution in [0.1, 0.15) is 22.3 Å². The van der Waals surface area contributed by atoms with Crippen LogP contribution in [0.2, 0.25) is 0 Å². The van der Waals surface area contributed by atoms with Crippen LogP contribution >= 0.6 is 0 Å². The number of aromatic nitrogens is 3. The minimum absolute atomic E-state index is 0.683. The van der Waals surface area contributed by atoms with Gasteiger partial charge in [-0.1, -0.05) is 30.3 Å². The molecule has 2 N–H and O–H groups in total. The molecule has 8 heterocycles. The predicted octanol–water partition coefficient (Wildman–Crippen LogP) is 7.46. The summed E-state index contributed by atoms with van der Waals surface area (Å²) in [6, 6.07) is 19.7. The molecule has 5 aliphatic heterocycles. The Balaban J connectivity index is 1.37. The molecule has 0 atom stereocenters. The summed E-state index contributed by atoms with van der Waals surface area (Å²) in [5.74, 6) is 0. The molecule has 49 heavy (non-hydrogen) atoms. The standard InChI is InChI=1S/C41H26N8/c42-29-9-7-25(8-10-29)38-30-11-13-32(46-30)39(26-4-1-19-43-22-26)34-15-17-36(48-34)41(28-6-3-21-45-24-28)37-18-16-35(49-37)40(27-5-2-20-44-23-27)33-14-12-31(38)47-33/h1-24H,42H2. The van der Waals surface area contributed by atoms with Crippen molar-refractivity contribution in [2.45, 2.75) is 0 Å². The first-order valence-electron chi connectivity index (χ1n) is 15.8. The van der Waals surface area contributed by atoms with E-state index in [2.05, 4.69) is 15.0 Å². The molecule has 0 aliphatic carbocycles. The van der Waals surface area contributed by atoms with Gasteiger partial charge in [-0.3, -0.25) is 15.0 Å². The fourth-order valence-electron chi connectivity index (χ4n) is 6.45. The smallest absolute Gasteiger partial charge is 0.0738 e. The SMILES string of the molecule is Nc1ccc(C2=C3C=CC(=N3)C(c3cccnc3)=C3C=CC(=N3)C(c3cccnc3)=C3C=CC(=N3)C(c3cccnc3)=C3C=CC2=N3)cc1. The van der Waals surface area contributed by atoms with Crippen molar-refractivity contribution in [2.75, 3.05) is 5.73 Å². The molecule has 8 nitrogen and oxygen atoms in total. The Morgan fingerprint density at radius 1 is 0.347 bits per heavy atom. The van der Waals surface area contributed by atoms with Gasteiger partial charge in [0.25, 0.3) is 0 Å². The molecular formula is C41H26N8. The molecule has 0 fully saturated rings. The van der Waals surface area contributed by atoms with Gasteiger partial charge in [-0.25, -0.2) is 20.0 Å². The molecule has 9 rings (SSSR count). The van der Waals surface area contributed by atoms with Crippen LogP contribution in [0.25, 0.3) is 22.3 Å². The van der Waals surface area contributed by atoms with Crippen LogP contribution in [0.15, 0.2) is 189 Å². The maximum Gasteiger partial charge on any atom is 0.0738 e. The van der Waals surface area contributed by atoms with E-state index >= 15 is 0 Å². The first kappa shape index (κ1) is 28.3. The van der Waals surface area contributed by atoms with Crippen LogP contribution < -0.4 is 5.73 Å². The van der Waals surface area contributed by atoms with E-state index in [1.807, 2.05) is 128 Å². The van der Waals surface area contributed by atoms with Crippen molar-refractivity contribution in [2.24, 2.45) is 20.0 Å². The van der Waals surface area contributed by atoms with Gasteiger partial charge in [-0.2, -0.15) is 0 Å². The van der Waals surface area contributed by atoms with Crippen LogP contribution in [0, 0.1) is 0 Å². The summed E-state index contributed by atoms with van der Waals surface area (Å²) in [6.07, 6.45) is 27.1. The normalized spacial score (nSPS) is 17.7. The summed E-state index contributed by atoms with van der Waals surface area (Å²) >= 11 is 0. The van der Waals surface area contributed by atoms with Crippen molar-refractivity contribution in [3.05, 3.63) is 191 Å². The van der Waals surface area contributed by atoms with Crippen LogP contribution in [0.5, 0.6) is 0 Å². The topological polar surface area (TPSA) is 114 Å². The Labute approximate surface area is 282 Å². The Kier molecular flexibility index (Phi) is 6.76. The summed E-state index contributed by atoms with van der Waals surface area (Å²) < 4.78 is 0. The number of nitrogens with zero attached hydrogens (tertiary/aromatic N) is 7. The number of hydrogen-bond donors (Lipinski definition) is 1. The summed E-state index contributed by atoms with van der Waals surface area (Å²) in [7, 11) is 0. The first-order valence-corrected chi connectivity index (χ1v) is 15.8. The van der Waals surface area contributed by atoms with E-state index in [1.165, 1.54) is 0 Å². The highest BCUT2D eigenvalue weighted by Crippen LogP contribution is 2.38. The molecule has 0 spiro atoms. The minimum Gasteiger partial charge on any atom is -0.399 e. The van der Waals surface area contributed by atoms with Gasteiger partial charge >= 0.3 is 0 Å². The van der Waals surface area contributed by atoms with Gasteiger partial charge in [0.05, 0.1) is 45.6 Å². The Hall–Kier alpha value is -6.93. The van der Waals surface area contributed by atoms with Gasteiger partial charge in [0.2, 0.25) is 0 Å². The first-order chi connectivity index (χ1) is 24.2. The molecule has 230 valence electrons. The van der Waals surface area contributed by atoms with Crippen LogP contribution in [-0.4, -0.2) is 37.8 Å². The van der Waals surface area contributed by atoms with Crippen molar-refractivity contribution in [1.82, 2.24) is 15.0 Å². The van der Waals surface area contributed by atoms with Crippen LogP contribution in [0.4, 0.5) is 5.69 Å². The Morgan fingerprint density at radius 2 is 0.673 bits per heavy atom. The van der Waals surface area contributed by atoms with E-state index in [0.29, 0.717) is 5.69 Å². The van der Waals surface area contributed by atoms with Gasteiger partial charge in [0.1, 0.15) is 0 Å². The van der Waals surface area contributed by atoms with Gasteiger partial charge in [0, 0.05) is 81.9 Å². The highest BCUT2D eigenvalue weighted by molar-refractivity contribution is 6.39. The van der Waals surface area contributed by atoms with Crippen molar-refractivity contribution in [3.63, 3.8) is 0 Å². The molecule has 8 bridgehead atoms. The number of rotatable bonds is 4. The highest BCUT2D eigenvalue weighted by Gasteiger charge is 2.27. The number of fused-ring (bicyclic) bond motifs is 4. The number of hydrogen-bond acceptors (Lipinski definition) is 8. The number of nitrogens with two attached hydrogens (primary N) is 1. The summed E-state index contributed by atoms with van der Waals surface area (Å²) in [5.41, 5.74) is 20.2. The molecule has 1 aromatic carbocycles. The molecule has 3 aromatic heterocycles. The quantitative estimate of drug-likeness (QED) is 0.236. The van der Waals surface area contributed by atoms with Gasteiger partial charge in [0.15, 0.2) is 0 Å². The maximum absolute atomic E-state index is 6.11. The predicted molar refractivity (Wildman–Crippen MR) is 198 cm³/mol. The molecule has 4 aromatic rings. The van der Waals surface area contributed by atoms with E-state index in [0.717, 1.165) is 90.2 Å². The fraction of sp³-hybridized carbons (Fsp3) is 0. The van der Waals surface area contributed by atoms with Crippen molar-refractivity contribution >= 4 is 50.8 Å². The lowest BCUT2D eigenvalue weighted by Gasteiger charge is -2.12. The zero-order chi connectivity index (χ0) is 32.7. The minimum atomic E-state index is 0.683. The molecule has 0 amide bonds. The monoisotopic (exact) mass is 630 g/mol. The summed E-state index contributed by atoms with van der Waals surface area (Å²) in [4.78, 5) is 34.3. The summed E-state index contributed by atoms with van der Waals surface area (Å²) in [5, 5.41) is 0. The third-order valence-corrected chi connectivity index (χ3v) is 8.66. The fourth-order valence-corrected chi connectivity index (χ4v) is 6.45. The lowest BCUT2D eigenvalue weighted by Crippen LogP contribution is -2.04. The van der Waals surface area contributed by atoms with E-state index < -0.39 is 0 Å². The van der Waals surface area contributed by atoms with Gasteiger partial charge in [-0.15, -0.1) is 0 Å². The number of benzene rings is 1. The molecule has 8 heteroatoms.